The summed E-state index contributed by atoms with van der Waals surface area (Å²) in [7, 11) is 3.22. The molecule has 112 valence electrons. The molecular weight excluding hydrogens is 280 g/mol. The third-order valence-corrected chi connectivity index (χ3v) is 3.37. The molecule has 0 aliphatic heterocycles. The van der Waals surface area contributed by atoms with Crippen molar-refractivity contribution in [3.05, 3.63) is 54.0 Å². The minimum Gasteiger partial charge on any atom is -0.480 e. The Labute approximate surface area is 127 Å². The molecule has 0 aliphatic rings. The van der Waals surface area contributed by atoms with Gasteiger partial charge in [-0.25, -0.2) is 9.97 Å². The number of para-hydroxylation sites is 2. The monoisotopic (exact) mass is 296 g/mol. The van der Waals surface area contributed by atoms with Crippen LogP contribution in [0.25, 0.3) is 11.0 Å². The van der Waals surface area contributed by atoms with Gasteiger partial charge in [0.15, 0.2) is 0 Å². The first-order valence-electron chi connectivity index (χ1n) is 6.87. The number of hydrogen-bond donors (Lipinski definition) is 1. The first-order chi connectivity index (χ1) is 10.7. The van der Waals surface area contributed by atoms with Crippen LogP contribution < -0.4 is 4.74 Å². The Kier molecular flexibility index (Phi) is 3.74. The van der Waals surface area contributed by atoms with Gasteiger partial charge in [0, 0.05) is 13.2 Å². The molecule has 6 nitrogen and oxygen atoms in total. The topological polar surface area (TPSA) is 71.1 Å². The molecule has 1 aromatic carbocycles. The van der Waals surface area contributed by atoms with E-state index in [-0.39, 0.29) is 5.91 Å². The van der Waals surface area contributed by atoms with E-state index < -0.39 is 0 Å². The van der Waals surface area contributed by atoms with Crippen LogP contribution in [0.2, 0.25) is 0 Å². The molecule has 3 rings (SSSR count). The zero-order chi connectivity index (χ0) is 15.5. The second-order valence-corrected chi connectivity index (χ2v) is 4.92. The lowest BCUT2D eigenvalue weighted by Gasteiger charge is -2.16. The van der Waals surface area contributed by atoms with Crippen LogP contribution >= 0.6 is 0 Å². The molecule has 3 aromatic rings. The number of methoxy groups -OCH3 is 1. The van der Waals surface area contributed by atoms with Crippen molar-refractivity contribution in [1.29, 1.82) is 0 Å². The predicted octanol–water partition coefficient (Wildman–Crippen LogP) is 2.24. The summed E-state index contributed by atoms with van der Waals surface area (Å²) in [6.45, 7) is 0.381. The lowest BCUT2D eigenvalue weighted by molar-refractivity contribution is 0.0777. The fourth-order valence-electron chi connectivity index (χ4n) is 2.30. The van der Waals surface area contributed by atoms with Gasteiger partial charge >= 0.3 is 0 Å². The van der Waals surface area contributed by atoms with Crippen molar-refractivity contribution >= 4 is 16.9 Å². The van der Waals surface area contributed by atoms with Gasteiger partial charge in [-0.15, -0.1) is 0 Å². The van der Waals surface area contributed by atoms with Crippen molar-refractivity contribution < 1.29 is 9.53 Å². The standard InChI is InChI=1S/C16H16N4O2/c1-20(16(21)11-6-5-9-17-15(11)22-2)10-14-18-12-7-3-4-8-13(12)19-14/h3-9H,10H2,1-2H3,(H,18,19). The Morgan fingerprint density at radius 2 is 2.09 bits per heavy atom. The number of carbonyl (C=O) groups is 1. The van der Waals surface area contributed by atoms with E-state index in [1.165, 1.54) is 7.11 Å². The number of nitrogens with zero attached hydrogens (tertiary/aromatic N) is 3. The van der Waals surface area contributed by atoms with E-state index in [4.69, 9.17) is 4.74 Å². The average molecular weight is 296 g/mol. The molecule has 0 saturated carbocycles. The maximum Gasteiger partial charge on any atom is 0.259 e. The van der Waals surface area contributed by atoms with Crippen molar-refractivity contribution in [2.75, 3.05) is 14.2 Å². The first-order valence-corrected chi connectivity index (χ1v) is 6.87. The number of pyridine rings is 1. The van der Waals surface area contributed by atoms with Crippen molar-refractivity contribution in [1.82, 2.24) is 19.9 Å². The van der Waals surface area contributed by atoms with E-state index in [2.05, 4.69) is 15.0 Å². The third kappa shape index (κ3) is 2.63. The van der Waals surface area contributed by atoms with Crippen LogP contribution in [0.1, 0.15) is 16.2 Å². The number of fused-ring (bicyclic) bond motifs is 1. The van der Waals surface area contributed by atoms with E-state index >= 15 is 0 Å². The average Bonchev–Trinajstić information content (AvgIpc) is 2.96. The molecule has 0 saturated heterocycles. The summed E-state index contributed by atoms with van der Waals surface area (Å²) >= 11 is 0. The number of hydrogen-bond acceptors (Lipinski definition) is 4. The van der Waals surface area contributed by atoms with Gasteiger partial charge in [0.05, 0.1) is 24.7 Å². The lowest BCUT2D eigenvalue weighted by atomic mass is 10.2. The minimum absolute atomic E-state index is 0.162. The van der Waals surface area contributed by atoms with Gasteiger partial charge in [-0.2, -0.15) is 0 Å². The van der Waals surface area contributed by atoms with Crippen molar-refractivity contribution in [2.24, 2.45) is 0 Å². The first kappa shape index (κ1) is 14.1. The number of aromatic nitrogens is 3. The third-order valence-electron chi connectivity index (χ3n) is 3.37. The number of imidazole rings is 1. The van der Waals surface area contributed by atoms with Gasteiger partial charge in [0.1, 0.15) is 11.4 Å². The summed E-state index contributed by atoms with van der Waals surface area (Å²) in [6.07, 6.45) is 1.59. The number of benzene rings is 1. The maximum absolute atomic E-state index is 12.5. The molecule has 0 atom stereocenters. The smallest absolute Gasteiger partial charge is 0.259 e. The van der Waals surface area contributed by atoms with Crippen LogP contribution in [0.15, 0.2) is 42.6 Å². The molecule has 0 aliphatic carbocycles. The number of carbonyl (C=O) groups excluding carboxylic acids is 1. The second kappa shape index (κ2) is 5.85. The van der Waals surface area contributed by atoms with Crippen LogP contribution in [0.5, 0.6) is 5.88 Å². The molecule has 0 radical (unpaired) electrons. The number of aromatic amines is 1. The van der Waals surface area contributed by atoms with Gasteiger partial charge in [-0.1, -0.05) is 12.1 Å². The largest absolute Gasteiger partial charge is 0.480 e. The van der Waals surface area contributed by atoms with Crippen LogP contribution in [0.3, 0.4) is 0 Å². The van der Waals surface area contributed by atoms with Crippen molar-refractivity contribution in [3.8, 4) is 5.88 Å². The summed E-state index contributed by atoms with van der Waals surface area (Å²) in [5.41, 5.74) is 2.28. The number of H-pyrrole nitrogens is 1. The molecule has 1 N–H and O–H groups in total. The normalized spacial score (nSPS) is 10.6. The number of amides is 1. The van der Waals surface area contributed by atoms with Gasteiger partial charge < -0.3 is 14.6 Å². The highest BCUT2D eigenvalue weighted by Gasteiger charge is 2.18. The summed E-state index contributed by atoms with van der Waals surface area (Å²) < 4.78 is 5.13. The van der Waals surface area contributed by atoms with Gasteiger partial charge in [0.25, 0.3) is 5.91 Å². The van der Waals surface area contributed by atoms with Gasteiger partial charge in [0.2, 0.25) is 5.88 Å². The Balaban J connectivity index is 1.81. The summed E-state index contributed by atoms with van der Waals surface area (Å²) in [6, 6.07) is 11.2. The molecular formula is C16H16N4O2. The minimum atomic E-state index is -0.162. The fraction of sp³-hybridized carbons (Fsp3) is 0.188. The highest BCUT2D eigenvalue weighted by molar-refractivity contribution is 5.96. The summed E-state index contributed by atoms with van der Waals surface area (Å²) in [4.78, 5) is 25.8. The lowest BCUT2D eigenvalue weighted by Crippen LogP contribution is -2.27. The zero-order valence-corrected chi connectivity index (χ0v) is 12.4. The Bertz CT molecular complexity index is 780. The van der Waals surface area contributed by atoms with Crippen molar-refractivity contribution in [3.63, 3.8) is 0 Å². The Hall–Kier alpha value is -2.89. The van der Waals surface area contributed by atoms with Crippen LogP contribution in [0, 0.1) is 0 Å². The SMILES string of the molecule is COc1ncccc1C(=O)N(C)Cc1nc2ccccc2[nH]1. The van der Waals surface area contributed by atoms with E-state index in [9.17, 15) is 4.79 Å². The highest BCUT2D eigenvalue weighted by Crippen LogP contribution is 2.17. The van der Waals surface area contributed by atoms with Crippen molar-refractivity contribution in [2.45, 2.75) is 6.54 Å². The molecule has 2 heterocycles. The molecule has 0 unspecified atom stereocenters. The van der Waals surface area contributed by atoms with E-state index in [0.29, 0.717) is 18.0 Å². The number of nitrogens with one attached hydrogen (secondary N) is 1. The van der Waals surface area contributed by atoms with Crippen LogP contribution in [-0.2, 0) is 6.54 Å². The Morgan fingerprint density at radius 3 is 2.86 bits per heavy atom. The molecule has 22 heavy (non-hydrogen) atoms. The summed E-state index contributed by atoms with van der Waals surface area (Å²) in [5, 5.41) is 0. The van der Waals surface area contributed by atoms with Crippen LogP contribution in [0.4, 0.5) is 0 Å². The molecule has 1 amide bonds. The quantitative estimate of drug-likeness (QED) is 0.801. The van der Waals surface area contributed by atoms with E-state index in [1.807, 2.05) is 24.3 Å². The molecule has 2 aromatic heterocycles. The van der Waals surface area contributed by atoms with Gasteiger partial charge in [-0.3, -0.25) is 4.79 Å². The zero-order valence-electron chi connectivity index (χ0n) is 12.4. The molecule has 0 bridgehead atoms. The molecule has 0 fully saturated rings. The van der Waals surface area contributed by atoms with Gasteiger partial charge in [-0.05, 0) is 24.3 Å². The molecule has 6 heteroatoms. The number of ether oxygens (including phenoxy) is 1. The van der Waals surface area contributed by atoms with Crippen LogP contribution in [-0.4, -0.2) is 39.9 Å². The predicted molar refractivity (Wildman–Crippen MR) is 82.7 cm³/mol. The maximum atomic E-state index is 12.5. The Morgan fingerprint density at radius 1 is 1.27 bits per heavy atom. The summed E-state index contributed by atoms with van der Waals surface area (Å²) in [5.74, 6) is 0.897. The fourth-order valence-corrected chi connectivity index (χ4v) is 2.30. The van der Waals surface area contributed by atoms with E-state index in [1.54, 1.807) is 30.3 Å². The second-order valence-electron chi connectivity index (χ2n) is 4.92. The highest BCUT2D eigenvalue weighted by atomic mass is 16.5. The number of rotatable bonds is 4. The molecule has 0 spiro atoms. The van der Waals surface area contributed by atoms with E-state index in [0.717, 1.165) is 16.9 Å².